The number of aryl methyl sites for hydroxylation is 1. The highest BCUT2D eigenvalue weighted by Crippen LogP contribution is 2.23. The number of carbonyl (C=O) groups is 1. The van der Waals surface area contributed by atoms with Crippen LogP contribution in [0, 0.1) is 6.92 Å². The Hall–Kier alpha value is -3.63. The molecule has 1 amide bonds. The van der Waals surface area contributed by atoms with Crippen molar-refractivity contribution < 1.29 is 4.79 Å². The third-order valence-electron chi connectivity index (χ3n) is 6.75. The molecule has 0 aliphatic heterocycles. The first-order valence-corrected chi connectivity index (χ1v) is 14.5. The Kier molecular flexibility index (Phi) is 14.0. The van der Waals surface area contributed by atoms with Crippen LogP contribution in [-0.2, 0) is 6.42 Å². The average Bonchev–Trinajstić information content (AvgIpc) is 2.97. The summed E-state index contributed by atoms with van der Waals surface area (Å²) in [6.45, 7) is 17.1. The quantitative estimate of drug-likeness (QED) is 0.176. The summed E-state index contributed by atoms with van der Waals surface area (Å²) in [5, 5.41) is 2.99. The Labute approximate surface area is 250 Å². The van der Waals surface area contributed by atoms with Crippen LogP contribution in [0.2, 0.25) is 0 Å². The molecule has 1 N–H and O–H groups in total. The van der Waals surface area contributed by atoms with Crippen LogP contribution in [0.5, 0.6) is 0 Å². The molecule has 0 bridgehead atoms. The molecule has 0 unspecified atom stereocenters. The number of unbranched alkanes of at least 4 members (excludes halogenated alkanes) is 1. The van der Waals surface area contributed by atoms with E-state index in [1.54, 1.807) is 6.08 Å². The second-order valence-corrected chi connectivity index (χ2v) is 10.6. The molecular weight excluding hydrogens is 556 g/mol. The van der Waals surface area contributed by atoms with Gasteiger partial charge in [0, 0.05) is 35.0 Å². The number of rotatable bonds is 11. The third-order valence-corrected chi connectivity index (χ3v) is 7.64. The molecule has 0 fully saturated rings. The smallest absolute Gasteiger partial charge is 0.251 e. The van der Waals surface area contributed by atoms with E-state index >= 15 is 0 Å². The maximum atomic E-state index is 12.2. The van der Waals surface area contributed by atoms with Gasteiger partial charge in [-0.05, 0) is 89.5 Å². The molecule has 0 aliphatic rings. The van der Waals surface area contributed by atoms with Crippen molar-refractivity contribution in [2.24, 2.45) is 0 Å². The van der Waals surface area contributed by atoms with Crippen LogP contribution in [0.15, 0.2) is 120 Å². The van der Waals surface area contributed by atoms with E-state index in [4.69, 9.17) is 0 Å². The zero-order valence-electron chi connectivity index (χ0n) is 24.6. The normalized spacial score (nSPS) is 11.5. The molecule has 0 saturated heterocycles. The van der Waals surface area contributed by atoms with Gasteiger partial charge in [-0.3, -0.25) is 4.79 Å². The molecule has 4 heteroatoms. The van der Waals surface area contributed by atoms with Gasteiger partial charge >= 0.3 is 0 Å². The number of halogens is 1. The molecule has 0 atom stereocenters. The summed E-state index contributed by atoms with van der Waals surface area (Å²) in [5.74, 6) is 0.0324. The van der Waals surface area contributed by atoms with Gasteiger partial charge in [0.15, 0.2) is 0 Å². The molecule has 0 spiro atoms. The summed E-state index contributed by atoms with van der Waals surface area (Å²) in [6.07, 6.45) is 6.81. The first-order valence-electron chi connectivity index (χ1n) is 13.7. The standard InChI is InChI=1S/C18H22BrN.C18H21NO/c1-7-18(19)16(5)20(6)15(4)12-14(3)17-11-9-8-10-13(17)2;1-2-3-13-19-18(20)17-12-8-7-11-16(17)14-15-9-5-4-6-10-15/h7-12H,1,3H2,2,4-6H3;4-12H,2-3,13-14H2,1H3,(H,19,20)/b15-12-,18-16+;. The maximum absolute atomic E-state index is 12.2. The fourth-order valence-electron chi connectivity index (χ4n) is 4.12. The van der Waals surface area contributed by atoms with Crippen LogP contribution >= 0.6 is 15.9 Å². The molecule has 3 rings (SSSR count). The van der Waals surface area contributed by atoms with E-state index < -0.39 is 0 Å². The number of hydrogen-bond donors (Lipinski definition) is 1. The summed E-state index contributed by atoms with van der Waals surface area (Å²) in [7, 11) is 2.04. The number of amides is 1. The van der Waals surface area contributed by atoms with Crippen LogP contribution in [0.4, 0.5) is 0 Å². The highest BCUT2D eigenvalue weighted by atomic mass is 79.9. The first-order chi connectivity index (χ1) is 19.2. The van der Waals surface area contributed by atoms with Crippen molar-refractivity contribution in [3.8, 4) is 0 Å². The SMILES string of the molecule is C=C/C(Br)=C(/C)N(C)/C(C)=C\C(=C)c1ccccc1C.CCCCNC(=O)c1ccccc1Cc1ccccc1. The number of nitrogens with one attached hydrogen (secondary N) is 1. The molecule has 40 heavy (non-hydrogen) atoms. The fourth-order valence-corrected chi connectivity index (χ4v) is 4.38. The highest BCUT2D eigenvalue weighted by Gasteiger charge is 2.10. The topological polar surface area (TPSA) is 32.3 Å². The number of carbonyl (C=O) groups excluding carboxylic acids is 1. The summed E-state index contributed by atoms with van der Waals surface area (Å²) < 4.78 is 0.995. The Bertz CT molecular complexity index is 1340. The van der Waals surface area contributed by atoms with E-state index in [2.05, 4.69) is 97.3 Å². The first kappa shape index (κ1) is 32.6. The van der Waals surface area contributed by atoms with E-state index in [0.29, 0.717) is 0 Å². The lowest BCUT2D eigenvalue weighted by atomic mass is 9.99. The lowest BCUT2D eigenvalue weighted by Gasteiger charge is -2.22. The molecular formula is C36H43BrN2O. The van der Waals surface area contributed by atoms with Gasteiger partial charge in [0.1, 0.15) is 0 Å². The molecule has 3 aromatic carbocycles. The minimum absolute atomic E-state index is 0.0324. The number of allylic oxidation sites excluding steroid dienone is 6. The monoisotopic (exact) mass is 598 g/mol. The van der Waals surface area contributed by atoms with Crippen molar-refractivity contribution in [2.45, 2.75) is 47.0 Å². The summed E-state index contributed by atoms with van der Waals surface area (Å²) >= 11 is 3.50. The van der Waals surface area contributed by atoms with Crippen molar-refractivity contribution in [2.75, 3.05) is 13.6 Å². The van der Waals surface area contributed by atoms with Crippen molar-refractivity contribution in [1.29, 1.82) is 0 Å². The van der Waals surface area contributed by atoms with Crippen LogP contribution in [-0.4, -0.2) is 24.4 Å². The molecule has 0 radical (unpaired) electrons. The van der Waals surface area contributed by atoms with Crippen LogP contribution in [0.3, 0.4) is 0 Å². The van der Waals surface area contributed by atoms with E-state index in [-0.39, 0.29) is 5.91 Å². The molecule has 0 saturated carbocycles. The molecule has 210 valence electrons. The van der Waals surface area contributed by atoms with Gasteiger partial charge in [-0.2, -0.15) is 0 Å². The second-order valence-electron chi connectivity index (χ2n) is 9.75. The van der Waals surface area contributed by atoms with Gasteiger partial charge in [0.05, 0.1) is 0 Å². The predicted molar refractivity (Wildman–Crippen MR) is 176 cm³/mol. The average molecular weight is 600 g/mol. The predicted octanol–water partition coefficient (Wildman–Crippen LogP) is 9.46. The van der Waals surface area contributed by atoms with E-state index in [9.17, 15) is 4.79 Å². The van der Waals surface area contributed by atoms with Crippen molar-refractivity contribution in [3.63, 3.8) is 0 Å². The fraction of sp³-hybridized carbons (Fsp3) is 0.250. The summed E-state index contributed by atoms with van der Waals surface area (Å²) in [6, 6.07) is 26.4. The summed E-state index contributed by atoms with van der Waals surface area (Å²) in [4.78, 5) is 14.3. The lowest BCUT2D eigenvalue weighted by molar-refractivity contribution is 0.0952. The Morgan fingerprint density at radius 1 is 0.950 bits per heavy atom. The van der Waals surface area contributed by atoms with Gasteiger partial charge in [0.2, 0.25) is 0 Å². The van der Waals surface area contributed by atoms with Gasteiger partial charge in [-0.25, -0.2) is 0 Å². The molecule has 3 aromatic rings. The van der Waals surface area contributed by atoms with Crippen molar-refractivity contribution in [3.05, 3.63) is 148 Å². The van der Waals surface area contributed by atoms with E-state index in [0.717, 1.165) is 58.4 Å². The van der Waals surface area contributed by atoms with Gasteiger partial charge in [-0.1, -0.05) is 105 Å². The third kappa shape index (κ3) is 10.2. The Morgan fingerprint density at radius 3 is 2.17 bits per heavy atom. The zero-order valence-corrected chi connectivity index (χ0v) is 26.2. The maximum Gasteiger partial charge on any atom is 0.251 e. The van der Waals surface area contributed by atoms with Crippen molar-refractivity contribution in [1.82, 2.24) is 10.2 Å². The Balaban J connectivity index is 0.000000280. The van der Waals surface area contributed by atoms with Crippen LogP contribution in [0.25, 0.3) is 5.57 Å². The van der Waals surface area contributed by atoms with Crippen LogP contribution < -0.4 is 5.32 Å². The molecule has 0 heterocycles. The number of nitrogens with zero attached hydrogens (tertiary/aromatic N) is 1. The highest BCUT2D eigenvalue weighted by molar-refractivity contribution is 9.11. The lowest BCUT2D eigenvalue weighted by Crippen LogP contribution is -2.25. The van der Waals surface area contributed by atoms with Gasteiger partial charge < -0.3 is 10.2 Å². The molecule has 0 aliphatic carbocycles. The zero-order chi connectivity index (χ0) is 29.5. The minimum atomic E-state index is 0.0324. The largest absolute Gasteiger partial charge is 0.352 e. The Morgan fingerprint density at radius 2 is 1.55 bits per heavy atom. The number of benzene rings is 3. The van der Waals surface area contributed by atoms with E-state index in [1.165, 1.54) is 16.7 Å². The van der Waals surface area contributed by atoms with Gasteiger partial charge in [0.25, 0.3) is 5.91 Å². The second kappa shape index (κ2) is 17.1. The number of hydrogen-bond acceptors (Lipinski definition) is 2. The molecule has 3 nitrogen and oxygen atoms in total. The van der Waals surface area contributed by atoms with Crippen LogP contribution in [0.1, 0.15) is 66.2 Å². The van der Waals surface area contributed by atoms with Crippen molar-refractivity contribution >= 4 is 27.4 Å². The molecule has 0 aromatic heterocycles. The van der Waals surface area contributed by atoms with Gasteiger partial charge in [-0.15, -0.1) is 0 Å². The minimum Gasteiger partial charge on any atom is -0.352 e. The summed E-state index contributed by atoms with van der Waals surface area (Å²) in [5.41, 5.74) is 8.78. The van der Waals surface area contributed by atoms with E-state index in [1.807, 2.05) is 61.6 Å².